The number of hydrogen-bond acceptors (Lipinski definition) is 3. The van der Waals surface area contributed by atoms with Crippen molar-refractivity contribution in [2.45, 2.75) is 0 Å². The summed E-state index contributed by atoms with van der Waals surface area (Å²) < 4.78 is 0. The van der Waals surface area contributed by atoms with Crippen molar-refractivity contribution in [1.29, 1.82) is 0 Å². The molecule has 5 heteroatoms. The van der Waals surface area contributed by atoms with Gasteiger partial charge in [-0.25, -0.2) is 4.79 Å². The Kier molecular flexibility index (Phi) is 4.86. The van der Waals surface area contributed by atoms with Gasteiger partial charge in [0.1, 0.15) is 11.5 Å². The molecule has 0 saturated carbocycles. The summed E-state index contributed by atoms with van der Waals surface area (Å²) in [6, 6.07) is 17.0. The number of fused-ring (bicyclic) bond motifs is 1. The molecular weight excluding hydrogens is 304 g/mol. The van der Waals surface area contributed by atoms with E-state index >= 15 is 0 Å². The molecule has 0 aliphatic heterocycles. The Morgan fingerprint density at radius 2 is 1.55 bits per heavy atom. The van der Waals surface area contributed by atoms with Gasteiger partial charge in [-0.05, 0) is 29.7 Å². The standard InChI is InChI=1S/C10H8O.C7H5ClO3/c11-10-7-3-5-8-4-1-2-6-9(8)10;8-5-3-4(7(10)11)1-2-6(5)9/h1-7,11H;1-3,9H,(H,10,11). The third-order valence-electron chi connectivity index (χ3n) is 2.96. The van der Waals surface area contributed by atoms with Gasteiger partial charge in [0.25, 0.3) is 0 Å². The number of phenolic OH excluding ortho intramolecular Hbond substituents is 2. The number of carbonyl (C=O) groups is 1. The summed E-state index contributed by atoms with van der Waals surface area (Å²) in [6.45, 7) is 0. The lowest BCUT2D eigenvalue weighted by atomic mass is 10.1. The molecule has 0 unspecified atom stereocenters. The fraction of sp³-hybridized carbons (Fsp3) is 0. The molecule has 0 fully saturated rings. The van der Waals surface area contributed by atoms with E-state index in [1.54, 1.807) is 6.07 Å². The lowest BCUT2D eigenvalue weighted by Gasteiger charge is -1.97. The molecule has 3 aromatic carbocycles. The van der Waals surface area contributed by atoms with E-state index in [-0.39, 0.29) is 16.3 Å². The molecule has 4 nitrogen and oxygen atoms in total. The van der Waals surface area contributed by atoms with Crippen LogP contribution >= 0.6 is 11.6 Å². The second-order valence-corrected chi connectivity index (χ2v) is 4.88. The van der Waals surface area contributed by atoms with E-state index in [1.807, 2.05) is 36.4 Å². The first-order valence-electron chi connectivity index (χ1n) is 6.37. The summed E-state index contributed by atoms with van der Waals surface area (Å²) >= 11 is 5.44. The third-order valence-corrected chi connectivity index (χ3v) is 3.26. The van der Waals surface area contributed by atoms with E-state index in [0.29, 0.717) is 5.75 Å². The van der Waals surface area contributed by atoms with Crippen molar-refractivity contribution in [3.05, 3.63) is 71.2 Å². The minimum Gasteiger partial charge on any atom is -0.507 e. The Morgan fingerprint density at radius 3 is 2.18 bits per heavy atom. The lowest BCUT2D eigenvalue weighted by molar-refractivity contribution is 0.0697. The second kappa shape index (κ2) is 6.83. The van der Waals surface area contributed by atoms with Crippen LogP contribution in [0.25, 0.3) is 10.8 Å². The Balaban J connectivity index is 0.000000160. The normalized spacial score (nSPS) is 9.86. The van der Waals surface area contributed by atoms with Gasteiger partial charge in [-0.3, -0.25) is 0 Å². The molecule has 3 aromatic rings. The number of benzene rings is 3. The van der Waals surface area contributed by atoms with Crippen LogP contribution in [-0.4, -0.2) is 21.3 Å². The molecule has 112 valence electrons. The highest BCUT2D eigenvalue weighted by atomic mass is 35.5. The highest BCUT2D eigenvalue weighted by Crippen LogP contribution is 2.23. The van der Waals surface area contributed by atoms with Crippen LogP contribution in [0.5, 0.6) is 11.5 Å². The maximum absolute atomic E-state index is 10.3. The van der Waals surface area contributed by atoms with Crippen LogP contribution in [0.15, 0.2) is 60.7 Å². The van der Waals surface area contributed by atoms with E-state index in [9.17, 15) is 9.90 Å². The van der Waals surface area contributed by atoms with Gasteiger partial charge >= 0.3 is 5.97 Å². The maximum Gasteiger partial charge on any atom is 0.335 e. The largest absolute Gasteiger partial charge is 0.507 e. The summed E-state index contributed by atoms with van der Waals surface area (Å²) in [5, 5.41) is 28.8. The van der Waals surface area contributed by atoms with Crippen molar-refractivity contribution in [2.75, 3.05) is 0 Å². The quantitative estimate of drug-likeness (QED) is 0.626. The average molecular weight is 317 g/mol. The zero-order valence-corrected chi connectivity index (χ0v) is 12.2. The first-order valence-corrected chi connectivity index (χ1v) is 6.75. The Morgan fingerprint density at radius 1 is 0.864 bits per heavy atom. The Labute approximate surface area is 131 Å². The van der Waals surface area contributed by atoms with Crippen molar-refractivity contribution in [2.24, 2.45) is 0 Å². The zero-order valence-electron chi connectivity index (χ0n) is 11.4. The monoisotopic (exact) mass is 316 g/mol. The van der Waals surface area contributed by atoms with Gasteiger partial charge in [0.2, 0.25) is 0 Å². The van der Waals surface area contributed by atoms with Gasteiger partial charge in [-0.15, -0.1) is 0 Å². The topological polar surface area (TPSA) is 77.8 Å². The van der Waals surface area contributed by atoms with Gasteiger partial charge in [-0.2, -0.15) is 0 Å². The predicted octanol–water partition coefficient (Wildman–Crippen LogP) is 4.29. The van der Waals surface area contributed by atoms with E-state index in [0.717, 1.165) is 10.8 Å². The zero-order chi connectivity index (χ0) is 16.1. The summed E-state index contributed by atoms with van der Waals surface area (Å²) in [5.41, 5.74) is 0.0628. The van der Waals surface area contributed by atoms with Crippen LogP contribution < -0.4 is 0 Å². The molecule has 0 amide bonds. The number of halogens is 1. The molecule has 0 bridgehead atoms. The molecule has 0 atom stereocenters. The molecule has 0 aromatic heterocycles. The Hall–Kier alpha value is -2.72. The minimum atomic E-state index is -1.06. The number of rotatable bonds is 1. The van der Waals surface area contributed by atoms with E-state index in [1.165, 1.54) is 18.2 Å². The molecule has 0 saturated heterocycles. The third kappa shape index (κ3) is 3.68. The van der Waals surface area contributed by atoms with Gasteiger partial charge < -0.3 is 15.3 Å². The Bertz CT molecular complexity index is 809. The van der Waals surface area contributed by atoms with Gasteiger partial charge in [0.15, 0.2) is 0 Å². The van der Waals surface area contributed by atoms with Crippen LogP contribution in [-0.2, 0) is 0 Å². The van der Waals surface area contributed by atoms with Crippen molar-refractivity contribution in [3.8, 4) is 11.5 Å². The number of carboxylic acids is 1. The second-order valence-electron chi connectivity index (χ2n) is 4.47. The van der Waals surface area contributed by atoms with E-state index < -0.39 is 5.97 Å². The predicted molar refractivity (Wildman–Crippen MR) is 85.7 cm³/mol. The first-order chi connectivity index (χ1) is 10.5. The first kappa shape index (κ1) is 15.7. The summed E-state index contributed by atoms with van der Waals surface area (Å²) in [4.78, 5) is 10.3. The number of aromatic hydroxyl groups is 2. The SMILES string of the molecule is O=C(O)c1ccc(O)c(Cl)c1.Oc1cccc2ccccc12. The summed E-state index contributed by atoms with van der Waals surface area (Å²) in [6.07, 6.45) is 0. The van der Waals surface area contributed by atoms with Crippen LogP contribution in [0.2, 0.25) is 5.02 Å². The lowest BCUT2D eigenvalue weighted by Crippen LogP contribution is -1.94. The van der Waals surface area contributed by atoms with Crippen LogP contribution in [0, 0.1) is 0 Å². The molecule has 0 aliphatic carbocycles. The smallest absolute Gasteiger partial charge is 0.335 e. The number of carboxylic acid groups (broad SMARTS) is 1. The van der Waals surface area contributed by atoms with Crippen molar-refractivity contribution in [3.63, 3.8) is 0 Å². The molecule has 3 rings (SSSR count). The van der Waals surface area contributed by atoms with Gasteiger partial charge in [0.05, 0.1) is 10.6 Å². The maximum atomic E-state index is 10.3. The fourth-order valence-electron chi connectivity index (χ4n) is 1.85. The molecule has 3 N–H and O–H groups in total. The van der Waals surface area contributed by atoms with E-state index in [2.05, 4.69) is 0 Å². The molecule has 0 heterocycles. The molecular formula is C17H13ClO4. The van der Waals surface area contributed by atoms with Crippen molar-refractivity contribution < 1.29 is 20.1 Å². The molecule has 0 radical (unpaired) electrons. The minimum absolute atomic E-state index is 0.0462. The van der Waals surface area contributed by atoms with Crippen LogP contribution in [0.4, 0.5) is 0 Å². The fourth-order valence-corrected chi connectivity index (χ4v) is 2.03. The number of phenols is 2. The van der Waals surface area contributed by atoms with E-state index in [4.69, 9.17) is 21.8 Å². The summed E-state index contributed by atoms with van der Waals surface area (Å²) in [7, 11) is 0. The molecule has 0 spiro atoms. The van der Waals surface area contributed by atoms with Gasteiger partial charge in [-0.1, -0.05) is 48.0 Å². The number of hydrogen-bond donors (Lipinski definition) is 3. The summed E-state index contributed by atoms with van der Waals surface area (Å²) in [5.74, 6) is -0.827. The number of aromatic carboxylic acids is 1. The average Bonchev–Trinajstić information content (AvgIpc) is 2.51. The highest BCUT2D eigenvalue weighted by molar-refractivity contribution is 6.32. The van der Waals surface area contributed by atoms with Crippen molar-refractivity contribution in [1.82, 2.24) is 0 Å². The van der Waals surface area contributed by atoms with Crippen LogP contribution in [0.3, 0.4) is 0 Å². The highest BCUT2D eigenvalue weighted by Gasteiger charge is 2.04. The van der Waals surface area contributed by atoms with Crippen LogP contribution in [0.1, 0.15) is 10.4 Å². The molecule has 0 aliphatic rings. The van der Waals surface area contributed by atoms with Crippen molar-refractivity contribution >= 4 is 28.3 Å². The molecule has 22 heavy (non-hydrogen) atoms. The van der Waals surface area contributed by atoms with Gasteiger partial charge in [0, 0.05) is 5.39 Å².